The lowest BCUT2D eigenvalue weighted by atomic mass is 9.96. The second-order valence-corrected chi connectivity index (χ2v) is 7.78. The minimum atomic E-state index is 0.980. The Morgan fingerprint density at radius 2 is 2.14 bits per heavy atom. The highest BCUT2D eigenvalue weighted by atomic mass is 32.1. The number of rotatable bonds is 7. The van der Waals surface area contributed by atoms with Crippen LogP contribution in [-0.4, -0.2) is 24.5 Å². The third-order valence-electron chi connectivity index (χ3n) is 4.65. The Bertz CT molecular complexity index is 413. The monoisotopic (exact) mass is 308 g/mol. The van der Waals surface area contributed by atoms with E-state index in [1.165, 1.54) is 54.9 Å². The molecule has 2 nitrogen and oxygen atoms in total. The van der Waals surface area contributed by atoms with Crippen molar-refractivity contribution in [3.63, 3.8) is 0 Å². The van der Waals surface area contributed by atoms with Gasteiger partial charge in [-0.1, -0.05) is 26.7 Å². The van der Waals surface area contributed by atoms with Crippen molar-refractivity contribution in [2.24, 2.45) is 5.92 Å². The van der Waals surface area contributed by atoms with E-state index in [0.717, 1.165) is 25.6 Å². The number of thiophene rings is 1. The van der Waals surface area contributed by atoms with Gasteiger partial charge in [-0.3, -0.25) is 4.90 Å². The molecule has 1 atom stereocenters. The van der Waals surface area contributed by atoms with Crippen LogP contribution in [0.4, 0.5) is 0 Å². The summed E-state index contributed by atoms with van der Waals surface area (Å²) in [5.74, 6) is 0.980. The van der Waals surface area contributed by atoms with E-state index in [1.54, 1.807) is 5.56 Å². The molecule has 0 aliphatic carbocycles. The van der Waals surface area contributed by atoms with Gasteiger partial charge in [-0.05, 0) is 63.4 Å². The normalized spacial score (nSPS) is 20.6. The van der Waals surface area contributed by atoms with Crippen LogP contribution in [0.3, 0.4) is 0 Å². The van der Waals surface area contributed by atoms with Crippen molar-refractivity contribution in [3.05, 3.63) is 21.4 Å². The van der Waals surface area contributed by atoms with E-state index in [9.17, 15) is 0 Å². The lowest BCUT2D eigenvalue weighted by Gasteiger charge is -2.20. The highest BCUT2D eigenvalue weighted by Gasteiger charge is 2.17. The molecular formula is C18H32N2S. The summed E-state index contributed by atoms with van der Waals surface area (Å²) in [4.78, 5) is 5.68. The molecule has 0 radical (unpaired) electrons. The van der Waals surface area contributed by atoms with Gasteiger partial charge in [-0.2, -0.15) is 0 Å². The molecule has 1 saturated heterocycles. The van der Waals surface area contributed by atoms with E-state index in [2.05, 4.69) is 37.1 Å². The van der Waals surface area contributed by atoms with Gasteiger partial charge in [0, 0.05) is 22.8 Å². The molecule has 1 aromatic rings. The van der Waals surface area contributed by atoms with E-state index in [0.29, 0.717) is 0 Å². The average Bonchev–Trinajstić information content (AvgIpc) is 2.67. The van der Waals surface area contributed by atoms with Crippen LogP contribution in [0.5, 0.6) is 0 Å². The predicted molar refractivity (Wildman–Crippen MR) is 94.0 cm³/mol. The molecule has 2 heterocycles. The van der Waals surface area contributed by atoms with Crippen molar-refractivity contribution in [2.75, 3.05) is 19.6 Å². The molecule has 0 amide bonds. The van der Waals surface area contributed by atoms with Crippen LogP contribution in [0.1, 0.15) is 61.3 Å². The molecular weight excluding hydrogens is 276 g/mol. The molecule has 0 bridgehead atoms. The SMILES string of the molecule is CCCC1CCCN(Cc2cc(CNCC)sc2C)CC1. The summed E-state index contributed by atoms with van der Waals surface area (Å²) in [6.07, 6.45) is 7.01. The van der Waals surface area contributed by atoms with Gasteiger partial charge < -0.3 is 5.32 Å². The maximum atomic E-state index is 3.44. The summed E-state index contributed by atoms with van der Waals surface area (Å²) in [5.41, 5.74) is 1.56. The van der Waals surface area contributed by atoms with Gasteiger partial charge >= 0.3 is 0 Å². The Morgan fingerprint density at radius 1 is 1.29 bits per heavy atom. The summed E-state index contributed by atoms with van der Waals surface area (Å²) in [5, 5.41) is 3.44. The first kappa shape index (κ1) is 17.0. The Labute approximate surface area is 134 Å². The molecule has 1 unspecified atom stereocenters. The molecule has 1 N–H and O–H groups in total. The van der Waals surface area contributed by atoms with Gasteiger partial charge in [0.1, 0.15) is 0 Å². The number of nitrogens with zero attached hydrogens (tertiary/aromatic N) is 1. The molecule has 0 saturated carbocycles. The second kappa shape index (κ2) is 8.92. The Balaban J connectivity index is 1.87. The Hall–Kier alpha value is -0.380. The number of hydrogen-bond donors (Lipinski definition) is 1. The minimum Gasteiger partial charge on any atom is -0.312 e. The van der Waals surface area contributed by atoms with E-state index in [1.807, 2.05) is 11.3 Å². The summed E-state index contributed by atoms with van der Waals surface area (Å²) in [6.45, 7) is 12.6. The fourth-order valence-corrected chi connectivity index (χ4v) is 4.42. The van der Waals surface area contributed by atoms with Crippen LogP contribution < -0.4 is 5.32 Å². The molecule has 1 aliphatic heterocycles. The minimum absolute atomic E-state index is 0.980. The van der Waals surface area contributed by atoms with Gasteiger partial charge in [-0.25, -0.2) is 0 Å². The Kier molecular flexibility index (Phi) is 7.21. The zero-order valence-electron chi connectivity index (χ0n) is 14.1. The van der Waals surface area contributed by atoms with Crippen molar-refractivity contribution >= 4 is 11.3 Å². The summed E-state index contributed by atoms with van der Waals surface area (Å²) >= 11 is 1.97. The molecule has 3 heteroatoms. The van der Waals surface area contributed by atoms with E-state index in [4.69, 9.17) is 0 Å². The Morgan fingerprint density at radius 3 is 2.90 bits per heavy atom. The van der Waals surface area contributed by atoms with E-state index >= 15 is 0 Å². The molecule has 2 rings (SSSR count). The fraction of sp³-hybridized carbons (Fsp3) is 0.778. The number of likely N-dealkylation sites (tertiary alicyclic amines) is 1. The summed E-state index contributed by atoms with van der Waals surface area (Å²) in [6, 6.07) is 2.43. The quantitative estimate of drug-likeness (QED) is 0.794. The zero-order chi connectivity index (χ0) is 15.1. The van der Waals surface area contributed by atoms with Crippen LogP contribution >= 0.6 is 11.3 Å². The van der Waals surface area contributed by atoms with E-state index < -0.39 is 0 Å². The van der Waals surface area contributed by atoms with Crippen LogP contribution in [-0.2, 0) is 13.1 Å². The first-order valence-electron chi connectivity index (χ1n) is 8.74. The van der Waals surface area contributed by atoms with Crippen LogP contribution in [0.2, 0.25) is 0 Å². The predicted octanol–water partition coefficient (Wildman–Crippen LogP) is 4.57. The van der Waals surface area contributed by atoms with E-state index in [-0.39, 0.29) is 0 Å². The smallest absolute Gasteiger partial charge is 0.0299 e. The van der Waals surface area contributed by atoms with Gasteiger partial charge in [0.2, 0.25) is 0 Å². The van der Waals surface area contributed by atoms with Gasteiger partial charge in [0.05, 0.1) is 0 Å². The number of nitrogens with one attached hydrogen (secondary N) is 1. The highest BCUT2D eigenvalue weighted by Crippen LogP contribution is 2.26. The average molecular weight is 309 g/mol. The van der Waals surface area contributed by atoms with Crippen molar-refractivity contribution in [3.8, 4) is 0 Å². The topological polar surface area (TPSA) is 15.3 Å². The highest BCUT2D eigenvalue weighted by molar-refractivity contribution is 7.12. The maximum absolute atomic E-state index is 3.44. The van der Waals surface area contributed by atoms with Crippen molar-refractivity contribution < 1.29 is 0 Å². The third-order valence-corrected chi connectivity index (χ3v) is 5.74. The summed E-state index contributed by atoms with van der Waals surface area (Å²) < 4.78 is 0. The van der Waals surface area contributed by atoms with Crippen molar-refractivity contribution in [1.29, 1.82) is 0 Å². The van der Waals surface area contributed by atoms with Crippen LogP contribution in [0.15, 0.2) is 6.07 Å². The van der Waals surface area contributed by atoms with Gasteiger partial charge in [0.25, 0.3) is 0 Å². The molecule has 1 aliphatic rings. The second-order valence-electron chi connectivity index (χ2n) is 6.44. The maximum Gasteiger partial charge on any atom is 0.0299 e. The lowest BCUT2D eigenvalue weighted by Crippen LogP contribution is -2.24. The molecule has 21 heavy (non-hydrogen) atoms. The van der Waals surface area contributed by atoms with Crippen molar-refractivity contribution in [2.45, 2.75) is 66.0 Å². The van der Waals surface area contributed by atoms with Crippen LogP contribution in [0, 0.1) is 12.8 Å². The number of aryl methyl sites for hydroxylation is 1. The summed E-state index contributed by atoms with van der Waals surface area (Å²) in [7, 11) is 0. The molecule has 1 aromatic heterocycles. The lowest BCUT2D eigenvalue weighted by molar-refractivity contribution is 0.271. The standard InChI is InChI=1S/C18H32N2S/c1-4-7-16-8-6-10-20(11-9-16)14-17-12-18(13-19-5-2)21-15(17)3/h12,16,19H,4-11,13-14H2,1-3H3. The van der Waals surface area contributed by atoms with Gasteiger partial charge in [-0.15, -0.1) is 11.3 Å². The molecule has 120 valence electrons. The van der Waals surface area contributed by atoms with Crippen LogP contribution in [0.25, 0.3) is 0 Å². The first-order valence-corrected chi connectivity index (χ1v) is 9.55. The third kappa shape index (κ3) is 5.39. The number of hydrogen-bond acceptors (Lipinski definition) is 3. The fourth-order valence-electron chi connectivity index (χ4n) is 3.40. The first-order chi connectivity index (χ1) is 10.2. The van der Waals surface area contributed by atoms with Crippen molar-refractivity contribution in [1.82, 2.24) is 10.2 Å². The molecule has 0 spiro atoms. The van der Waals surface area contributed by atoms with Gasteiger partial charge in [0.15, 0.2) is 0 Å². The zero-order valence-corrected chi connectivity index (χ0v) is 14.9. The largest absolute Gasteiger partial charge is 0.312 e. The molecule has 0 aromatic carbocycles. The molecule has 1 fully saturated rings.